The van der Waals surface area contributed by atoms with E-state index in [1.807, 2.05) is 25.2 Å². The number of carbonyl (C=O) groups is 2. The van der Waals surface area contributed by atoms with E-state index < -0.39 is 0 Å². The average molecular weight is 361 g/mol. The summed E-state index contributed by atoms with van der Waals surface area (Å²) in [4.78, 5) is 27.2. The lowest BCUT2D eigenvalue weighted by Gasteiger charge is -2.34. The molecular weight excluding hydrogens is 330 g/mol. The monoisotopic (exact) mass is 361 g/mol. The highest BCUT2D eigenvalue weighted by Gasteiger charge is 2.22. The van der Waals surface area contributed by atoms with Crippen molar-refractivity contribution in [3.8, 4) is 5.75 Å². The third-order valence-corrected chi connectivity index (χ3v) is 4.94. The van der Waals surface area contributed by atoms with Crippen LogP contribution in [0.4, 0.5) is 0 Å². The van der Waals surface area contributed by atoms with Gasteiger partial charge >= 0.3 is 0 Å². The summed E-state index contributed by atoms with van der Waals surface area (Å²) >= 11 is 0. The summed E-state index contributed by atoms with van der Waals surface area (Å²) in [5, 5.41) is 2.57. The fourth-order valence-corrected chi connectivity index (χ4v) is 3.52. The molecule has 0 aliphatic carbocycles. The van der Waals surface area contributed by atoms with Crippen molar-refractivity contribution in [2.75, 3.05) is 46.9 Å². The second kappa shape index (κ2) is 10.2. The summed E-state index contributed by atoms with van der Waals surface area (Å²) in [6.07, 6.45) is 3.27. The molecule has 6 nitrogen and oxygen atoms in total. The topological polar surface area (TPSA) is 61.9 Å². The van der Waals surface area contributed by atoms with Gasteiger partial charge in [0, 0.05) is 33.6 Å². The fourth-order valence-electron chi connectivity index (χ4n) is 3.52. The Morgan fingerprint density at radius 1 is 1.35 bits per heavy atom. The van der Waals surface area contributed by atoms with Gasteiger partial charge in [-0.2, -0.15) is 0 Å². The number of amides is 2. The molecule has 1 fully saturated rings. The largest absolute Gasteiger partial charge is 0.496 e. The van der Waals surface area contributed by atoms with Gasteiger partial charge in [-0.1, -0.05) is 18.2 Å². The minimum atomic E-state index is -0.174. The van der Waals surface area contributed by atoms with Gasteiger partial charge in [0.05, 0.1) is 13.7 Å². The summed E-state index contributed by atoms with van der Waals surface area (Å²) in [6.45, 7) is 5.36. The second-order valence-electron chi connectivity index (χ2n) is 7.05. The predicted octanol–water partition coefficient (Wildman–Crippen LogP) is 1.54. The van der Waals surface area contributed by atoms with Crippen LogP contribution in [0.3, 0.4) is 0 Å². The van der Waals surface area contributed by atoms with Crippen LogP contribution in [0.15, 0.2) is 24.3 Å². The minimum absolute atomic E-state index is 0.0358. The molecule has 1 aliphatic heterocycles. The SMILES string of the molecule is COc1ccccc1CCN1CCC[C@@H](CN(C)C(=O)CNC(C)=O)C1. The Hall–Kier alpha value is -2.08. The van der Waals surface area contributed by atoms with Crippen LogP contribution in [0.1, 0.15) is 25.3 Å². The number of benzene rings is 1. The first-order valence-electron chi connectivity index (χ1n) is 9.32. The van der Waals surface area contributed by atoms with E-state index in [1.165, 1.54) is 12.5 Å². The molecule has 0 aromatic heterocycles. The molecule has 0 bridgehead atoms. The van der Waals surface area contributed by atoms with Crippen molar-refractivity contribution in [2.24, 2.45) is 5.92 Å². The number of hydrogen-bond acceptors (Lipinski definition) is 4. The summed E-state index contributed by atoms with van der Waals surface area (Å²) in [7, 11) is 3.53. The van der Waals surface area contributed by atoms with Gasteiger partial charge < -0.3 is 19.9 Å². The highest BCUT2D eigenvalue weighted by molar-refractivity contribution is 5.83. The Morgan fingerprint density at radius 2 is 2.12 bits per heavy atom. The van der Waals surface area contributed by atoms with Crippen LogP contribution in [0.2, 0.25) is 0 Å². The summed E-state index contributed by atoms with van der Waals surface area (Å²) < 4.78 is 5.43. The van der Waals surface area contributed by atoms with Gasteiger partial charge in [-0.25, -0.2) is 0 Å². The Bertz CT molecular complexity index is 606. The van der Waals surface area contributed by atoms with E-state index in [0.29, 0.717) is 5.92 Å². The highest BCUT2D eigenvalue weighted by Crippen LogP contribution is 2.21. The van der Waals surface area contributed by atoms with Crippen LogP contribution in [0, 0.1) is 5.92 Å². The number of likely N-dealkylation sites (tertiary alicyclic amines) is 1. The van der Waals surface area contributed by atoms with E-state index in [9.17, 15) is 9.59 Å². The molecule has 1 atom stereocenters. The molecule has 1 aromatic carbocycles. The number of rotatable bonds is 8. The minimum Gasteiger partial charge on any atom is -0.496 e. The van der Waals surface area contributed by atoms with Crippen molar-refractivity contribution in [2.45, 2.75) is 26.2 Å². The smallest absolute Gasteiger partial charge is 0.241 e. The quantitative estimate of drug-likeness (QED) is 0.763. The maximum absolute atomic E-state index is 12.1. The molecule has 1 heterocycles. The van der Waals surface area contributed by atoms with Gasteiger partial charge in [-0.3, -0.25) is 9.59 Å². The number of methoxy groups -OCH3 is 1. The first kappa shape index (κ1) is 20.2. The van der Waals surface area contributed by atoms with Crippen LogP contribution in [-0.2, 0) is 16.0 Å². The molecule has 6 heteroatoms. The Morgan fingerprint density at radius 3 is 2.85 bits per heavy atom. The number of nitrogens with zero attached hydrogens (tertiary/aromatic N) is 2. The molecule has 1 aromatic rings. The maximum Gasteiger partial charge on any atom is 0.241 e. The summed E-state index contributed by atoms with van der Waals surface area (Å²) in [5.74, 6) is 1.22. The molecule has 2 amide bonds. The zero-order valence-corrected chi connectivity index (χ0v) is 16.2. The zero-order valence-electron chi connectivity index (χ0n) is 16.2. The Balaban J connectivity index is 1.79. The standard InChI is InChI=1S/C20H31N3O3/c1-16(24)21-13-20(25)22(2)14-17-7-6-11-23(15-17)12-10-18-8-4-5-9-19(18)26-3/h4-5,8-9,17H,6-7,10-15H2,1-3H3,(H,21,24)/t17-/m0/s1. The van der Waals surface area contributed by atoms with Crippen molar-refractivity contribution in [3.05, 3.63) is 29.8 Å². The van der Waals surface area contributed by atoms with Gasteiger partial charge in [0.2, 0.25) is 11.8 Å². The van der Waals surface area contributed by atoms with Crippen molar-refractivity contribution >= 4 is 11.8 Å². The van der Waals surface area contributed by atoms with Crippen molar-refractivity contribution in [1.82, 2.24) is 15.1 Å². The van der Waals surface area contributed by atoms with Gasteiger partial charge in [-0.15, -0.1) is 0 Å². The van der Waals surface area contributed by atoms with E-state index in [4.69, 9.17) is 4.74 Å². The first-order valence-corrected chi connectivity index (χ1v) is 9.32. The van der Waals surface area contributed by atoms with Gasteiger partial charge in [-0.05, 0) is 43.4 Å². The summed E-state index contributed by atoms with van der Waals surface area (Å²) in [5.41, 5.74) is 1.24. The van der Waals surface area contributed by atoms with Crippen LogP contribution in [0.25, 0.3) is 0 Å². The van der Waals surface area contributed by atoms with Crippen LogP contribution >= 0.6 is 0 Å². The predicted molar refractivity (Wildman–Crippen MR) is 102 cm³/mol. The Kier molecular flexibility index (Phi) is 7.91. The van der Waals surface area contributed by atoms with Gasteiger partial charge in [0.1, 0.15) is 5.75 Å². The van der Waals surface area contributed by atoms with E-state index in [-0.39, 0.29) is 18.4 Å². The Labute approximate surface area is 156 Å². The van der Waals surface area contributed by atoms with E-state index in [0.717, 1.165) is 51.2 Å². The molecular formula is C20H31N3O3. The van der Waals surface area contributed by atoms with Crippen LogP contribution in [0.5, 0.6) is 5.75 Å². The molecule has 2 rings (SSSR count). The van der Waals surface area contributed by atoms with E-state index >= 15 is 0 Å². The number of hydrogen-bond donors (Lipinski definition) is 1. The zero-order chi connectivity index (χ0) is 18.9. The number of ether oxygens (including phenoxy) is 1. The highest BCUT2D eigenvalue weighted by atomic mass is 16.5. The molecule has 1 N–H and O–H groups in total. The van der Waals surface area contributed by atoms with Crippen molar-refractivity contribution in [3.63, 3.8) is 0 Å². The number of para-hydroxylation sites is 1. The fraction of sp³-hybridized carbons (Fsp3) is 0.600. The number of likely N-dealkylation sites (N-methyl/N-ethyl adjacent to an activating group) is 1. The summed E-state index contributed by atoms with van der Waals surface area (Å²) in [6, 6.07) is 8.16. The average Bonchev–Trinajstić information content (AvgIpc) is 2.64. The van der Waals surface area contributed by atoms with Gasteiger partial charge in [0.15, 0.2) is 0 Å². The molecule has 0 radical (unpaired) electrons. The number of nitrogens with one attached hydrogen (secondary N) is 1. The van der Waals surface area contributed by atoms with Crippen molar-refractivity contribution in [1.29, 1.82) is 0 Å². The molecule has 1 saturated heterocycles. The molecule has 144 valence electrons. The lowest BCUT2D eigenvalue weighted by molar-refractivity contribution is -0.132. The van der Waals surface area contributed by atoms with Crippen LogP contribution < -0.4 is 10.1 Å². The number of carbonyl (C=O) groups excluding carboxylic acids is 2. The molecule has 0 unspecified atom stereocenters. The van der Waals surface area contributed by atoms with Crippen LogP contribution in [-0.4, -0.2) is 68.5 Å². The molecule has 1 aliphatic rings. The van der Waals surface area contributed by atoms with Crippen molar-refractivity contribution < 1.29 is 14.3 Å². The lowest BCUT2D eigenvalue weighted by Crippen LogP contribution is -2.44. The van der Waals surface area contributed by atoms with E-state index in [2.05, 4.69) is 16.3 Å². The lowest BCUT2D eigenvalue weighted by atomic mass is 9.97. The van der Waals surface area contributed by atoms with E-state index in [1.54, 1.807) is 12.0 Å². The maximum atomic E-state index is 12.1. The molecule has 26 heavy (non-hydrogen) atoms. The third kappa shape index (κ3) is 6.33. The normalized spacial score (nSPS) is 17.6. The number of piperidine rings is 1. The second-order valence-corrected chi connectivity index (χ2v) is 7.05. The first-order chi connectivity index (χ1) is 12.5. The molecule has 0 saturated carbocycles. The molecule has 0 spiro atoms. The van der Waals surface area contributed by atoms with Gasteiger partial charge in [0.25, 0.3) is 0 Å². The third-order valence-electron chi connectivity index (χ3n) is 4.94.